The molecule has 2 rings (SSSR count). The van der Waals surface area contributed by atoms with Crippen LogP contribution in [-0.4, -0.2) is 17.9 Å². The number of hydrogen-bond donors (Lipinski definition) is 1. The fourth-order valence-corrected chi connectivity index (χ4v) is 2.14. The number of carbonyl (C=O) groups excluding carboxylic acids is 1. The molecule has 114 valence electrons. The monoisotopic (exact) mass is 364 g/mol. The number of carbonyl (C=O) groups is 1. The molecule has 1 amide bonds. The van der Waals surface area contributed by atoms with Crippen LogP contribution in [0.2, 0.25) is 0 Å². The van der Waals surface area contributed by atoms with Crippen molar-refractivity contribution < 1.29 is 14.5 Å². The minimum absolute atomic E-state index is 0.0947. The summed E-state index contributed by atoms with van der Waals surface area (Å²) < 4.78 is 6.02. The molecule has 0 aliphatic heterocycles. The van der Waals surface area contributed by atoms with Gasteiger partial charge in [-0.05, 0) is 23.8 Å². The van der Waals surface area contributed by atoms with Gasteiger partial charge in [-0.3, -0.25) is 14.9 Å². The summed E-state index contributed by atoms with van der Waals surface area (Å²) in [5.41, 5.74) is 1.17. The average Bonchev–Trinajstić information content (AvgIpc) is 2.49. The molecule has 0 bridgehead atoms. The summed E-state index contributed by atoms with van der Waals surface area (Å²) >= 11 is 3.33. The number of non-ortho nitro benzene ring substituents is 1. The van der Waals surface area contributed by atoms with Crippen molar-refractivity contribution in [2.24, 2.45) is 0 Å². The first-order valence-corrected chi connectivity index (χ1v) is 7.15. The van der Waals surface area contributed by atoms with Crippen molar-refractivity contribution in [1.82, 2.24) is 0 Å². The van der Waals surface area contributed by atoms with Crippen molar-refractivity contribution in [3.8, 4) is 5.75 Å². The predicted molar refractivity (Wildman–Crippen MR) is 86.1 cm³/mol. The lowest BCUT2D eigenvalue weighted by molar-refractivity contribution is -0.384. The highest BCUT2D eigenvalue weighted by Gasteiger charge is 2.13. The first-order chi connectivity index (χ1) is 10.5. The summed E-state index contributed by atoms with van der Waals surface area (Å²) in [6.07, 6.45) is 0.202. The molecule has 0 radical (unpaired) electrons. The molecule has 0 saturated carbocycles. The zero-order chi connectivity index (χ0) is 16.1. The van der Waals surface area contributed by atoms with Gasteiger partial charge in [0, 0.05) is 10.5 Å². The highest BCUT2D eigenvalue weighted by molar-refractivity contribution is 9.10. The number of ether oxygens (including phenoxy) is 1. The molecule has 0 aliphatic rings. The number of methoxy groups -OCH3 is 1. The van der Waals surface area contributed by atoms with Crippen molar-refractivity contribution in [2.75, 3.05) is 12.4 Å². The van der Waals surface area contributed by atoms with E-state index in [1.165, 1.54) is 25.3 Å². The Bertz CT molecular complexity index is 701. The highest BCUT2D eigenvalue weighted by atomic mass is 79.9. The SMILES string of the molecule is COc1cc([N+](=O)[O-])ccc1NC(=O)Cc1ccc(Br)cc1. The lowest BCUT2D eigenvalue weighted by Gasteiger charge is -2.10. The predicted octanol–water partition coefficient (Wildman–Crippen LogP) is 3.55. The Hall–Kier alpha value is -2.41. The van der Waals surface area contributed by atoms with E-state index in [0.717, 1.165) is 10.0 Å². The van der Waals surface area contributed by atoms with Crippen molar-refractivity contribution in [1.29, 1.82) is 0 Å². The van der Waals surface area contributed by atoms with Crippen molar-refractivity contribution in [2.45, 2.75) is 6.42 Å². The maximum Gasteiger partial charge on any atom is 0.273 e. The molecular formula is C15H13BrN2O4. The minimum atomic E-state index is -0.518. The molecule has 7 heteroatoms. The van der Waals surface area contributed by atoms with Crippen LogP contribution < -0.4 is 10.1 Å². The van der Waals surface area contributed by atoms with E-state index < -0.39 is 4.92 Å². The fourth-order valence-electron chi connectivity index (χ4n) is 1.88. The second-order valence-corrected chi connectivity index (χ2v) is 5.41. The van der Waals surface area contributed by atoms with Crippen LogP contribution in [0.5, 0.6) is 5.75 Å². The Morgan fingerprint density at radius 2 is 1.95 bits per heavy atom. The van der Waals surface area contributed by atoms with Crippen LogP contribution in [0.15, 0.2) is 46.9 Å². The molecule has 6 nitrogen and oxygen atoms in total. The summed E-state index contributed by atoms with van der Waals surface area (Å²) in [6, 6.07) is 11.4. The summed E-state index contributed by atoms with van der Waals surface area (Å²) in [7, 11) is 1.39. The molecule has 0 spiro atoms. The van der Waals surface area contributed by atoms with Crippen LogP contribution in [0.3, 0.4) is 0 Å². The largest absolute Gasteiger partial charge is 0.494 e. The van der Waals surface area contributed by atoms with Gasteiger partial charge in [0.05, 0.1) is 30.2 Å². The summed E-state index contributed by atoms with van der Waals surface area (Å²) in [5.74, 6) is 0.0211. The van der Waals surface area contributed by atoms with Gasteiger partial charge in [-0.2, -0.15) is 0 Å². The molecule has 0 aliphatic carbocycles. The van der Waals surface area contributed by atoms with E-state index in [-0.39, 0.29) is 23.8 Å². The maximum atomic E-state index is 12.0. The second kappa shape index (κ2) is 7.04. The Balaban J connectivity index is 2.10. The number of anilines is 1. The average molecular weight is 365 g/mol. The van der Waals surface area contributed by atoms with Gasteiger partial charge in [0.25, 0.3) is 5.69 Å². The first-order valence-electron chi connectivity index (χ1n) is 6.36. The van der Waals surface area contributed by atoms with Crippen LogP contribution in [0.4, 0.5) is 11.4 Å². The Labute approximate surface area is 135 Å². The number of amides is 1. The third-order valence-corrected chi connectivity index (χ3v) is 3.48. The van der Waals surface area contributed by atoms with Gasteiger partial charge in [0.1, 0.15) is 5.75 Å². The fraction of sp³-hybridized carbons (Fsp3) is 0.133. The van der Waals surface area contributed by atoms with E-state index >= 15 is 0 Å². The molecule has 22 heavy (non-hydrogen) atoms. The highest BCUT2D eigenvalue weighted by Crippen LogP contribution is 2.29. The van der Waals surface area contributed by atoms with E-state index in [1.807, 2.05) is 24.3 Å². The molecule has 0 saturated heterocycles. The topological polar surface area (TPSA) is 81.5 Å². The van der Waals surface area contributed by atoms with Crippen LogP contribution in [-0.2, 0) is 11.2 Å². The van der Waals surface area contributed by atoms with Gasteiger partial charge < -0.3 is 10.1 Å². The minimum Gasteiger partial charge on any atom is -0.494 e. The molecule has 2 aromatic carbocycles. The van der Waals surface area contributed by atoms with Crippen LogP contribution in [0.25, 0.3) is 0 Å². The Kier molecular flexibility index (Phi) is 5.11. The maximum absolute atomic E-state index is 12.0. The molecule has 0 aromatic heterocycles. The number of hydrogen-bond acceptors (Lipinski definition) is 4. The van der Waals surface area contributed by atoms with Crippen LogP contribution in [0.1, 0.15) is 5.56 Å². The van der Waals surface area contributed by atoms with Gasteiger partial charge in [-0.25, -0.2) is 0 Å². The first kappa shape index (κ1) is 16.0. The zero-order valence-corrected chi connectivity index (χ0v) is 13.3. The molecule has 1 N–H and O–H groups in total. The summed E-state index contributed by atoms with van der Waals surface area (Å²) in [6.45, 7) is 0. The molecule has 0 unspecified atom stereocenters. The van der Waals surface area contributed by atoms with E-state index in [2.05, 4.69) is 21.2 Å². The number of halogens is 1. The van der Waals surface area contributed by atoms with Gasteiger partial charge in [0.2, 0.25) is 5.91 Å². The van der Waals surface area contributed by atoms with Crippen LogP contribution in [0, 0.1) is 10.1 Å². The molecule has 0 heterocycles. The number of rotatable bonds is 5. The summed E-state index contributed by atoms with van der Waals surface area (Å²) in [5, 5.41) is 13.4. The third-order valence-electron chi connectivity index (χ3n) is 2.95. The number of benzene rings is 2. The van der Waals surface area contributed by atoms with Crippen LogP contribution >= 0.6 is 15.9 Å². The lowest BCUT2D eigenvalue weighted by Crippen LogP contribution is -2.15. The summed E-state index contributed by atoms with van der Waals surface area (Å²) in [4.78, 5) is 22.3. The number of nitro groups is 1. The molecule has 0 atom stereocenters. The van der Waals surface area contributed by atoms with E-state index in [9.17, 15) is 14.9 Å². The third kappa shape index (κ3) is 4.05. The molecule has 2 aromatic rings. The van der Waals surface area contributed by atoms with E-state index in [1.54, 1.807) is 0 Å². The van der Waals surface area contributed by atoms with Gasteiger partial charge >= 0.3 is 0 Å². The quantitative estimate of drug-likeness (QED) is 0.649. The van der Waals surface area contributed by atoms with Gasteiger partial charge in [-0.1, -0.05) is 28.1 Å². The second-order valence-electron chi connectivity index (χ2n) is 4.49. The molecule has 0 fully saturated rings. The van der Waals surface area contributed by atoms with Gasteiger partial charge in [-0.15, -0.1) is 0 Å². The van der Waals surface area contributed by atoms with Crippen molar-refractivity contribution in [3.63, 3.8) is 0 Å². The van der Waals surface area contributed by atoms with E-state index in [4.69, 9.17) is 4.74 Å². The Morgan fingerprint density at radius 3 is 2.55 bits per heavy atom. The normalized spacial score (nSPS) is 10.1. The smallest absolute Gasteiger partial charge is 0.273 e. The number of nitrogens with one attached hydrogen (secondary N) is 1. The number of nitro benzene ring substituents is 1. The van der Waals surface area contributed by atoms with Gasteiger partial charge in [0.15, 0.2) is 0 Å². The number of nitrogens with zero attached hydrogens (tertiary/aromatic N) is 1. The molecular weight excluding hydrogens is 352 g/mol. The van der Waals surface area contributed by atoms with Crippen molar-refractivity contribution >= 4 is 33.2 Å². The van der Waals surface area contributed by atoms with E-state index in [0.29, 0.717) is 5.69 Å². The van der Waals surface area contributed by atoms with Crippen molar-refractivity contribution in [3.05, 3.63) is 62.6 Å². The zero-order valence-electron chi connectivity index (χ0n) is 11.7. The standard InChI is InChI=1S/C15H13BrN2O4/c1-22-14-9-12(18(20)21)6-7-13(14)17-15(19)8-10-2-4-11(16)5-3-10/h2-7,9H,8H2,1H3,(H,17,19). The Morgan fingerprint density at radius 1 is 1.27 bits per heavy atom. The lowest BCUT2D eigenvalue weighted by atomic mass is 10.1.